The summed E-state index contributed by atoms with van der Waals surface area (Å²) < 4.78 is 6.20. The van der Waals surface area contributed by atoms with Crippen LogP contribution in [-0.2, 0) is 11.3 Å². The van der Waals surface area contributed by atoms with Gasteiger partial charge >= 0.3 is 0 Å². The topological polar surface area (TPSA) is 21.3 Å². The highest BCUT2D eigenvalue weighted by Crippen LogP contribution is 2.15. The number of nitrogens with one attached hydrogen (secondary N) is 1. The lowest BCUT2D eigenvalue weighted by atomic mass is 10.2. The van der Waals surface area contributed by atoms with E-state index >= 15 is 0 Å². The minimum Gasteiger partial charge on any atom is -0.383 e. The van der Waals surface area contributed by atoms with Gasteiger partial charge in [-0.25, -0.2) is 0 Å². The molecule has 0 saturated carbocycles. The van der Waals surface area contributed by atoms with Crippen molar-refractivity contribution < 1.29 is 4.74 Å². The largest absolute Gasteiger partial charge is 0.383 e. The van der Waals surface area contributed by atoms with Gasteiger partial charge in [0.15, 0.2) is 0 Å². The summed E-state index contributed by atoms with van der Waals surface area (Å²) in [6.45, 7) is 3.72. The van der Waals surface area contributed by atoms with Crippen LogP contribution in [-0.4, -0.2) is 19.8 Å². The zero-order valence-electron chi connectivity index (χ0n) is 9.00. The second kappa shape index (κ2) is 8.28. The van der Waals surface area contributed by atoms with E-state index < -0.39 is 0 Å². The fourth-order valence-electron chi connectivity index (χ4n) is 1.23. The summed E-state index contributed by atoms with van der Waals surface area (Å²) in [5.74, 6) is 0. The molecule has 0 spiro atoms. The average molecular weight is 339 g/mol. The summed E-state index contributed by atoms with van der Waals surface area (Å²) in [6.07, 6.45) is 0. The van der Waals surface area contributed by atoms with Crippen molar-refractivity contribution in [3.05, 3.63) is 34.3 Å². The van der Waals surface area contributed by atoms with Crippen LogP contribution in [0.2, 0.25) is 0 Å². The van der Waals surface area contributed by atoms with Crippen LogP contribution >= 0.6 is 32.9 Å². The molecule has 15 heavy (non-hydrogen) atoms. The van der Waals surface area contributed by atoms with E-state index in [1.54, 1.807) is 7.11 Å². The Morgan fingerprint density at radius 3 is 2.67 bits per heavy atom. The zero-order valence-corrected chi connectivity index (χ0v) is 12.3. The van der Waals surface area contributed by atoms with Crippen molar-refractivity contribution in [2.24, 2.45) is 0 Å². The van der Waals surface area contributed by atoms with Gasteiger partial charge in [0.2, 0.25) is 0 Å². The molecule has 1 aromatic rings. The predicted octanol–water partition coefficient (Wildman–Crippen LogP) is 3.15. The SMILES string of the molecule is Br.COCC(C)NCc1ccccc1Br. The van der Waals surface area contributed by atoms with E-state index in [0.717, 1.165) is 17.6 Å². The van der Waals surface area contributed by atoms with Crippen LogP contribution in [0.5, 0.6) is 0 Å². The second-order valence-electron chi connectivity index (χ2n) is 3.33. The van der Waals surface area contributed by atoms with E-state index in [0.29, 0.717) is 6.04 Å². The van der Waals surface area contributed by atoms with Gasteiger partial charge in [0.25, 0.3) is 0 Å². The molecule has 1 N–H and O–H groups in total. The first-order valence-corrected chi connectivity index (χ1v) is 5.49. The van der Waals surface area contributed by atoms with E-state index in [1.165, 1.54) is 5.56 Å². The van der Waals surface area contributed by atoms with Gasteiger partial charge in [-0.05, 0) is 18.6 Å². The maximum absolute atomic E-state index is 5.05. The number of methoxy groups -OCH3 is 1. The molecule has 0 aliphatic heterocycles. The number of hydrogen-bond acceptors (Lipinski definition) is 2. The number of rotatable bonds is 5. The second-order valence-corrected chi connectivity index (χ2v) is 4.18. The third-order valence-corrected chi connectivity index (χ3v) is 2.79. The predicted molar refractivity (Wildman–Crippen MR) is 72.6 cm³/mol. The number of benzene rings is 1. The summed E-state index contributed by atoms with van der Waals surface area (Å²) in [7, 11) is 1.72. The zero-order chi connectivity index (χ0) is 10.4. The minimum absolute atomic E-state index is 0. The molecule has 2 nitrogen and oxygen atoms in total. The Labute approximate surface area is 110 Å². The molecule has 0 aliphatic carbocycles. The first-order valence-electron chi connectivity index (χ1n) is 4.69. The Balaban J connectivity index is 0.00000196. The molecule has 1 unspecified atom stereocenters. The van der Waals surface area contributed by atoms with Crippen LogP contribution in [0.4, 0.5) is 0 Å². The molecule has 1 rings (SSSR count). The van der Waals surface area contributed by atoms with Crippen molar-refractivity contribution in [1.29, 1.82) is 0 Å². The first-order chi connectivity index (χ1) is 6.74. The Morgan fingerprint density at radius 1 is 1.40 bits per heavy atom. The van der Waals surface area contributed by atoms with Gasteiger partial charge < -0.3 is 10.1 Å². The summed E-state index contributed by atoms with van der Waals surface area (Å²) in [6, 6.07) is 8.61. The smallest absolute Gasteiger partial charge is 0.0613 e. The van der Waals surface area contributed by atoms with Crippen molar-refractivity contribution in [3.63, 3.8) is 0 Å². The summed E-state index contributed by atoms with van der Waals surface area (Å²) >= 11 is 3.51. The standard InChI is InChI=1S/C11H16BrNO.BrH/c1-9(8-14-2)13-7-10-5-3-4-6-11(10)12;/h3-6,9,13H,7-8H2,1-2H3;1H. The van der Waals surface area contributed by atoms with Crippen molar-refractivity contribution in [2.75, 3.05) is 13.7 Å². The maximum Gasteiger partial charge on any atom is 0.0613 e. The summed E-state index contributed by atoms with van der Waals surface area (Å²) in [5.41, 5.74) is 1.27. The highest BCUT2D eigenvalue weighted by Gasteiger charge is 2.02. The number of hydrogen-bond donors (Lipinski definition) is 1. The third-order valence-electron chi connectivity index (χ3n) is 2.02. The van der Waals surface area contributed by atoms with Crippen LogP contribution in [0.1, 0.15) is 12.5 Å². The molecule has 4 heteroatoms. The molecule has 0 saturated heterocycles. The highest BCUT2D eigenvalue weighted by atomic mass is 79.9. The number of ether oxygens (including phenoxy) is 1. The van der Waals surface area contributed by atoms with Gasteiger partial charge in [-0.3, -0.25) is 0 Å². The fraction of sp³-hybridized carbons (Fsp3) is 0.455. The van der Waals surface area contributed by atoms with Crippen LogP contribution in [0.15, 0.2) is 28.7 Å². The molecule has 1 aromatic carbocycles. The van der Waals surface area contributed by atoms with Gasteiger partial charge in [0.1, 0.15) is 0 Å². The normalized spacial score (nSPS) is 11.9. The van der Waals surface area contributed by atoms with Crippen molar-refractivity contribution in [2.45, 2.75) is 19.5 Å². The van der Waals surface area contributed by atoms with Gasteiger partial charge in [0, 0.05) is 24.2 Å². The van der Waals surface area contributed by atoms with Crippen LogP contribution in [0, 0.1) is 0 Å². The van der Waals surface area contributed by atoms with Gasteiger partial charge in [-0.1, -0.05) is 34.1 Å². The molecule has 0 radical (unpaired) electrons. The third kappa shape index (κ3) is 5.66. The van der Waals surface area contributed by atoms with E-state index in [4.69, 9.17) is 4.74 Å². The van der Waals surface area contributed by atoms with Crippen LogP contribution < -0.4 is 5.32 Å². The highest BCUT2D eigenvalue weighted by molar-refractivity contribution is 9.10. The number of halogens is 2. The molecular formula is C11H17Br2NO. The quantitative estimate of drug-likeness (QED) is 0.890. The lowest BCUT2D eigenvalue weighted by molar-refractivity contribution is 0.171. The Hall–Kier alpha value is 0.100. The lowest BCUT2D eigenvalue weighted by Gasteiger charge is -2.13. The van der Waals surface area contributed by atoms with Crippen LogP contribution in [0.3, 0.4) is 0 Å². The van der Waals surface area contributed by atoms with E-state index in [9.17, 15) is 0 Å². The summed E-state index contributed by atoms with van der Waals surface area (Å²) in [4.78, 5) is 0. The summed E-state index contributed by atoms with van der Waals surface area (Å²) in [5, 5.41) is 3.39. The van der Waals surface area contributed by atoms with Gasteiger partial charge in [0.05, 0.1) is 6.61 Å². The Kier molecular flexibility index (Phi) is 8.33. The monoisotopic (exact) mass is 337 g/mol. The molecule has 86 valence electrons. The lowest BCUT2D eigenvalue weighted by Crippen LogP contribution is -2.29. The fourth-order valence-corrected chi connectivity index (χ4v) is 1.66. The van der Waals surface area contributed by atoms with Gasteiger partial charge in [-0.15, -0.1) is 17.0 Å². The molecule has 0 aromatic heterocycles. The molecule has 1 atom stereocenters. The van der Waals surface area contributed by atoms with Gasteiger partial charge in [-0.2, -0.15) is 0 Å². The first kappa shape index (κ1) is 15.1. The van der Waals surface area contributed by atoms with E-state index in [1.807, 2.05) is 12.1 Å². The van der Waals surface area contributed by atoms with Crippen LogP contribution in [0.25, 0.3) is 0 Å². The Bertz CT molecular complexity index is 281. The average Bonchev–Trinajstić information content (AvgIpc) is 2.17. The molecule has 0 fully saturated rings. The molecule has 0 amide bonds. The molecule has 0 aliphatic rings. The van der Waals surface area contributed by atoms with Crippen molar-refractivity contribution in [1.82, 2.24) is 5.32 Å². The Morgan fingerprint density at radius 2 is 2.07 bits per heavy atom. The van der Waals surface area contributed by atoms with E-state index in [2.05, 4.69) is 40.3 Å². The minimum atomic E-state index is 0. The maximum atomic E-state index is 5.05. The molecule has 0 bridgehead atoms. The van der Waals surface area contributed by atoms with E-state index in [-0.39, 0.29) is 17.0 Å². The molecule has 0 heterocycles. The van der Waals surface area contributed by atoms with Crippen molar-refractivity contribution in [3.8, 4) is 0 Å². The molecular weight excluding hydrogens is 322 g/mol. The van der Waals surface area contributed by atoms with Crippen molar-refractivity contribution >= 4 is 32.9 Å².